The fourth-order valence-corrected chi connectivity index (χ4v) is 2.11. The van der Waals surface area contributed by atoms with E-state index in [2.05, 4.69) is 0 Å². The molecule has 21 heavy (non-hydrogen) atoms. The van der Waals surface area contributed by atoms with E-state index >= 15 is 0 Å². The molecule has 0 amide bonds. The van der Waals surface area contributed by atoms with Crippen molar-refractivity contribution in [2.75, 3.05) is 19.7 Å². The lowest BCUT2D eigenvalue weighted by Crippen LogP contribution is -2.38. The molecule has 2 N–H and O–H groups in total. The molecule has 1 aromatic carbocycles. The van der Waals surface area contributed by atoms with E-state index in [1.807, 2.05) is 0 Å². The Morgan fingerprint density at radius 2 is 2.00 bits per heavy atom. The molecule has 1 fully saturated rings. The lowest BCUT2D eigenvalue weighted by atomic mass is 9.80. The van der Waals surface area contributed by atoms with Crippen LogP contribution in [0, 0.1) is 0 Å². The number of alkyl halides is 3. The van der Waals surface area contributed by atoms with Crippen LogP contribution in [0.15, 0.2) is 24.3 Å². The molecule has 0 aromatic heterocycles. The van der Waals surface area contributed by atoms with Gasteiger partial charge in [0.05, 0.1) is 6.54 Å². The molecule has 2 rings (SSSR count). The van der Waals surface area contributed by atoms with E-state index in [1.165, 1.54) is 17.0 Å². The summed E-state index contributed by atoms with van der Waals surface area (Å²) in [4.78, 5) is 1.38. The molecular weight excluding hydrogens is 286 g/mol. The van der Waals surface area contributed by atoms with Gasteiger partial charge in [0.1, 0.15) is 12.4 Å². The smallest absolute Gasteiger partial charge is 0.488 e. The van der Waals surface area contributed by atoms with Crippen LogP contribution in [-0.4, -0.2) is 54.0 Å². The molecule has 0 saturated heterocycles. The van der Waals surface area contributed by atoms with Gasteiger partial charge in [-0.3, -0.25) is 4.90 Å². The maximum atomic E-state index is 12.4. The van der Waals surface area contributed by atoms with Crippen LogP contribution in [0.3, 0.4) is 0 Å². The van der Waals surface area contributed by atoms with Crippen LogP contribution in [0.5, 0.6) is 5.75 Å². The van der Waals surface area contributed by atoms with Crippen LogP contribution in [-0.2, 0) is 0 Å². The predicted molar refractivity (Wildman–Crippen MR) is 72.4 cm³/mol. The van der Waals surface area contributed by atoms with Gasteiger partial charge in [-0.05, 0) is 30.4 Å². The largest absolute Gasteiger partial charge is 0.492 e. The lowest BCUT2D eigenvalue weighted by Gasteiger charge is -2.23. The van der Waals surface area contributed by atoms with Crippen molar-refractivity contribution >= 4 is 12.6 Å². The molecule has 0 heterocycles. The third-order valence-electron chi connectivity index (χ3n) is 3.25. The Hall–Kier alpha value is -1.25. The van der Waals surface area contributed by atoms with Crippen molar-refractivity contribution in [2.24, 2.45) is 0 Å². The highest BCUT2D eigenvalue weighted by atomic mass is 19.4. The molecule has 1 aliphatic carbocycles. The second kappa shape index (κ2) is 6.68. The van der Waals surface area contributed by atoms with Crippen molar-refractivity contribution in [3.8, 4) is 5.75 Å². The molecule has 8 heteroatoms. The van der Waals surface area contributed by atoms with E-state index in [9.17, 15) is 13.2 Å². The minimum atomic E-state index is -4.20. The fraction of sp³-hybridized carbons (Fsp3) is 0.538. The molecule has 0 radical (unpaired) electrons. The summed E-state index contributed by atoms with van der Waals surface area (Å²) in [6, 6.07) is 6.20. The van der Waals surface area contributed by atoms with Gasteiger partial charge in [0.2, 0.25) is 0 Å². The minimum absolute atomic E-state index is 0.000762. The van der Waals surface area contributed by atoms with Crippen LogP contribution < -0.4 is 10.2 Å². The summed E-state index contributed by atoms with van der Waals surface area (Å²) in [7, 11) is -1.60. The van der Waals surface area contributed by atoms with Crippen LogP contribution in [0.4, 0.5) is 13.2 Å². The van der Waals surface area contributed by atoms with Crippen molar-refractivity contribution in [1.82, 2.24) is 4.90 Å². The first kappa shape index (κ1) is 16.1. The molecule has 0 bridgehead atoms. The standard InChI is InChI=1S/C13H17BF3NO3/c15-13(16,17)9-18(11-4-5-11)6-7-21-12-3-1-2-10(8-12)14(19)20/h1-3,8,11,19-20H,4-7,9H2. The summed E-state index contributed by atoms with van der Waals surface area (Å²) >= 11 is 0. The van der Waals surface area contributed by atoms with Crippen molar-refractivity contribution < 1.29 is 28.0 Å². The molecule has 0 unspecified atom stereocenters. The first-order valence-corrected chi connectivity index (χ1v) is 6.75. The number of benzene rings is 1. The maximum absolute atomic E-state index is 12.4. The number of ether oxygens (including phenoxy) is 1. The number of halogens is 3. The summed E-state index contributed by atoms with van der Waals surface area (Å²) in [5.41, 5.74) is 0.279. The fourth-order valence-electron chi connectivity index (χ4n) is 2.11. The van der Waals surface area contributed by atoms with E-state index in [4.69, 9.17) is 14.8 Å². The van der Waals surface area contributed by atoms with Crippen LogP contribution in [0.2, 0.25) is 0 Å². The van der Waals surface area contributed by atoms with Gasteiger partial charge < -0.3 is 14.8 Å². The van der Waals surface area contributed by atoms with Crippen molar-refractivity contribution in [3.05, 3.63) is 24.3 Å². The van der Waals surface area contributed by atoms with Gasteiger partial charge >= 0.3 is 13.3 Å². The summed E-state index contributed by atoms with van der Waals surface area (Å²) in [6.07, 6.45) is -2.62. The first-order chi connectivity index (χ1) is 9.85. The van der Waals surface area contributed by atoms with E-state index in [0.717, 1.165) is 12.8 Å². The molecule has 116 valence electrons. The van der Waals surface area contributed by atoms with Gasteiger partial charge in [0.25, 0.3) is 0 Å². The number of nitrogens with zero attached hydrogens (tertiary/aromatic N) is 1. The quantitative estimate of drug-likeness (QED) is 0.731. The summed E-state index contributed by atoms with van der Waals surface area (Å²) in [5, 5.41) is 18.1. The average Bonchev–Trinajstić information content (AvgIpc) is 3.20. The Morgan fingerprint density at radius 1 is 1.29 bits per heavy atom. The first-order valence-electron chi connectivity index (χ1n) is 6.75. The second-order valence-corrected chi connectivity index (χ2v) is 5.11. The lowest BCUT2D eigenvalue weighted by molar-refractivity contribution is -0.147. The number of hydrogen-bond donors (Lipinski definition) is 2. The number of hydrogen-bond acceptors (Lipinski definition) is 4. The SMILES string of the molecule is OB(O)c1cccc(OCCN(CC(F)(F)F)C2CC2)c1. The Balaban J connectivity index is 1.83. The Labute approximate surface area is 121 Å². The minimum Gasteiger partial charge on any atom is -0.492 e. The average molecular weight is 303 g/mol. The summed E-state index contributed by atoms with van der Waals surface area (Å²) in [6.45, 7) is -0.607. The van der Waals surface area contributed by atoms with Crippen LogP contribution in [0.1, 0.15) is 12.8 Å². The molecule has 1 aromatic rings. The Kier molecular flexibility index (Phi) is 5.13. The zero-order valence-electron chi connectivity index (χ0n) is 11.4. The normalized spacial score (nSPS) is 15.3. The predicted octanol–water partition coefficient (Wildman–Crippen LogP) is 0.772. The van der Waals surface area contributed by atoms with E-state index in [0.29, 0.717) is 5.75 Å². The topological polar surface area (TPSA) is 52.9 Å². The Morgan fingerprint density at radius 3 is 2.57 bits per heavy atom. The molecule has 4 nitrogen and oxygen atoms in total. The van der Waals surface area contributed by atoms with Crippen molar-refractivity contribution in [3.63, 3.8) is 0 Å². The van der Waals surface area contributed by atoms with E-state index < -0.39 is 19.8 Å². The highest BCUT2D eigenvalue weighted by Gasteiger charge is 2.37. The molecule has 0 atom stereocenters. The van der Waals surface area contributed by atoms with Gasteiger partial charge in [-0.2, -0.15) is 13.2 Å². The maximum Gasteiger partial charge on any atom is 0.488 e. The molecule has 1 saturated carbocycles. The summed E-state index contributed by atoms with van der Waals surface area (Å²) < 4.78 is 42.7. The molecule has 0 spiro atoms. The molecule has 0 aliphatic heterocycles. The van der Waals surface area contributed by atoms with Gasteiger partial charge in [-0.15, -0.1) is 0 Å². The van der Waals surface area contributed by atoms with E-state index in [1.54, 1.807) is 12.1 Å². The van der Waals surface area contributed by atoms with E-state index in [-0.39, 0.29) is 24.7 Å². The second-order valence-electron chi connectivity index (χ2n) is 5.11. The van der Waals surface area contributed by atoms with Crippen molar-refractivity contribution in [2.45, 2.75) is 25.1 Å². The van der Waals surface area contributed by atoms with Gasteiger partial charge in [-0.25, -0.2) is 0 Å². The third-order valence-corrected chi connectivity index (χ3v) is 3.25. The van der Waals surface area contributed by atoms with Crippen LogP contribution in [0.25, 0.3) is 0 Å². The monoisotopic (exact) mass is 303 g/mol. The number of rotatable bonds is 7. The highest BCUT2D eigenvalue weighted by molar-refractivity contribution is 6.58. The highest BCUT2D eigenvalue weighted by Crippen LogP contribution is 2.29. The zero-order valence-corrected chi connectivity index (χ0v) is 11.4. The molecular formula is C13H17BF3NO3. The van der Waals surface area contributed by atoms with Gasteiger partial charge in [0, 0.05) is 12.6 Å². The van der Waals surface area contributed by atoms with Crippen LogP contribution >= 0.6 is 0 Å². The van der Waals surface area contributed by atoms with Gasteiger partial charge in [0.15, 0.2) is 0 Å². The zero-order chi connectivity index (χ0) is 15.5. The van der Waals surface area contributed by atoms with Gasteiger partial charge in [-0.1, -0.05) is 12.1 Å². The summed E-state index contributed by atoms with van der Waals surface area (Å²) in [5.74, 6) is 0.406. The molecule has 1 aliphatic rings. The van der Waals surface area contributed by atoms with Crippen molar-refractivity contribution in [1.29, 1.82) is 0 Å². The Bertz CT molecular complexity index is 466. The third kappa shape index (κ3) is 5.57.